The SMILES string of the molecule is CCC(N)Cc1nc(Br)cs1. The Kier molecular flexibility index (Phi) is 3.48. The summed E-state index contributed by atoms with van der Waals surface area (Å²) < 4.78 is 0.917. The van der Waals surface area contributed by atoms with Crippen molar-refractivity contribution in [1.82, 2.24) is 4.98 Å². The van der Waals surface area contributed by atoms with Crippen LogP contribution in [-0.4, -0.2) is 11.0 Å². The lowest BCUT2D eigenvalue weighted by atomic mass is 10.2. The van der Waals surface area contributed by atoms with Crippen molar-refractivity contribution in [1.29, 1.82) is 0 Å². The Morgan fingerprint density at radius 1 is 1.82 bits per heavy atom. The monoisotopic (exact) mass is 234 g/mol. The molecule has 0 radical (unpaired) electrons. The number of aromatic nitrogens is 1. The van der Waals surface area contributed by atoms with Crippen LogP contribution in [0, 0.1) is 0 Å². The first kappa shape index (κ1) is 9.16. The van der Waals surface area contributed by atoms with Crippen LogP contribution in [0.5, 0.6) is 0 Å². The maximum atomic E-state index is 5.77. The van der Waals surface area contributed by atoms with Gasteiger partial charge in [-0.2, -0.15) is 0 Å². The smallest absolute Gasteiger partial charge is 0.117 e. The van der Waals surface area contributed by atoms with Crippen LogP contribution in [-0.2, 0) is 6.42 Å². The van der Waals surface area contributed by atoms with E-state index in [1.807, 2.05) is 5.38 Å². The van der Waals surface area contributed by atoms with Crippen LogP contribution in [0.15, 0.2) is 9.98 Å². The molecule has 0 saturated heterocycles. The fourth-order valence-corrected chi connectivity index (χ4v) is 2.11. The molecule has 0 aliphatic rings. The average molecular weight is 235 g/mol. The van der Waals surface area contributed by atoms with E-state index in [1.54, 1.807) is 11.3 Å². The summed E-state index contributed by atoms with van der Waals surface area (Å²) >= 11 is 4.96. The van der Waals surface area contributed by atoms with Gasteiger partial charge < -0.3 is 5.73 Å². The molecular weight excluding hydrogens is 224 g/mol. The molecule has 0 aromatic carbocycles. The Labute approximate surface area is 79.0 Å². The second-order valence-corrected chi connectivity index (χ2v) is 4.19. The largest absolute Gasteiger partial charge is 0.327 e. The molecule has 2 nitrogen and oxygen atoms in total. The predicted octanol–water partition coefficient (Wildman–Crippen LogP) is 2.19. The van der Waals surface area contributed by atoms with Gasteiger partial charge in [0.15, 0.2) is 0 Å². The van der Waals surface area contributed by atoms with Gasteiger partial charge in [0.2, 0.25) is 0 Å². The molecule has 1 heterocycles. The molecule has 1 atom stereocenters. The Hall–Kier alpha value is 0.0700. The van der Waals surface area contributed by atoms with Gasteiger partial charge in [0, 0.05) is 17.8 Å². The molecule has 1 rings (SSSR count). The zero-order valence-corrected chi connectivity index (χ0v) is 8.78. The lowest BCUT2D eigenvalue weighted by molar-refractivity contribution is 0.644. The first-order chi connectivity index (χ1) is 5.22. The predicted molar refractivity (Wildman–Crippen MR) is 51.8 cm³/mol. The number of halogens is 1. The van der Waals surface area contributed by atoms with Gasteiger partial charge in [0.1, 0.15) is 4.60 Å². The number of hydrogen-bond donors (Lipinski definition) is 1. The summed E-state index contributed by atoms with van der Waals surface area (Å²) in [6.07, 6.45) is 1.91. The molecule has 0 saturated carbocycles. The zero-order chi connectivity index (χ0) is 8.27. The number of rotatable bonds is 3. The molecule has 11 heavy (non-hydrogen) atoms. The second kappa shape index (κ2) is 4.18. The van der Waals surface area contributed by atoms with Crippen molar-refractivity contribution < 1.29 is 0 Å². The highest BCUT2D eigenvalue weighted by molar-refractivity contribution is 9.10. The van der Waals surface area contributed by atoms with Crippen molar-refractivity contribution in [2.45, 2.75) is 25.8 Å². The van der Waals surface area contributed by atoms with E-state index >= 15 is 0 Å². The van der Waals surface area contributed by atoms with Crippen LogP contribution in [0.3, 0.4) is 0 Å². The molecule has 4 heteroatoms. The summed E-state index contributed by atoms with van der Waals surface area (Å²) in [5, 5.41) is 3.10. The molecule has 0 aliphatic heterocycles. The van der Waals surface area contributed by atoms with E-state index in [2.05, 4.69) is 27.8 Å². The van der Waals surface area contributed by atoms with E-state index in [-0.39, 0.29) is 6.04 Å². The average Bonchev–Trinajstić information content (AvgIpc) is 2.35. The van der Waals surface area contributed by atoms with Crippen molar-refractivity contribution in [3.63, 3.8) is 0 Å². The van der Waals surface area contributed by atoms with Crippen LogP contribution in [0.4, 0.5) is 0 Å². The van der Waals surface area contributed by atoms with Gasteiger partial charge in [-0.3, -0.25) is 0 Å². The van der Waals surface area contributed by atoms with Gasteiger partial charge in [0.25, 0.3) is 0 Å². The lowest BCUT2D eigenvalue weighted by Gasteiger charge is -2.03. The second-order valence-electron chi connectivity index (χ2n) is 2.44. The Bertz CT molecular complexity index is 224. The van der Waals surface area contributed by atoms with Crippen molar-refractivity contribution >= 4 is 27.3 Å². The highest BCUT2D eigenvalue weighted by atomic mass is 79.9. The number of thiazole rings is 1. The van der Waals surface area contributed by atoms with E-state index in [0.29, 0.717) is 0 Å². The van der Waals surface area contributed by atoms with Crippen LogP contribution in [0.1, 0.15) is 18.4 Å². The minimum absolute atomic E-state index is 0.257. The summed E-state index contributed by atoms with van der Waals surface area (Å²) in [6, 6.07) is 0.257. The minimum Gasteiger partial charge on any atom is -0.327 e. The van der Waals surface area contributed by atoms with E-state index in [1.165, 1.54) is 0 Å². The molecule has 0 aliphatic carbocycles. The summed E-state index contributed by atoms with van der Waals surface area (Å²) in [7, 11) is 0. The van der Waals surface area contributed by atoms with E-state index in [4.69, 9.17) is 5.73 Å². The van der Waals surface area contributed by atoms with E-state index in [0.717, 1.165) is 22.5 Å². The summed E-state index contributed by atoms with van der Waals surface area (Å²) in [5.41, 5.74) is 5.77. The lowest BCUT2D eigenvalue weighted by Crippen LogP contribution is -2.21. The Balaban J connectivity index is 2.50. The van der Waals surface area contributed by atoms with Gasteiger partial charge in [0.05, 0.1) is 5.01 Å². The molecule has 0 bridgehead atoms. The Morgan fingerprint density at radius 2 is 2.55 bits per heavy atom. The zero-order valence-electron chi connectivity index (χ0n) is 6.38. The number of hydrogen-bond acceptors (Lipinski definition) is 3. The normalized spacial score (nSPS) is 13.4. The van der Waals surface area contributed by atoms with Crippen LogP contribution in [0.25, 0.3) is 0 Å². The topological polar surface area (TPSA) is 38.9 Å². The molecule has 2 N–H and O–H groups in total. The maximum absolute atomic E-state index is 5.77. The van der Waals surface area contributed by atoms with Crippen LogP contribution in [0.2, 0.25) is 0 Å². The first-order valence-corrected chi connectivity index (χ1v) is 5.25. The maximum Gasteiger partial charge on any atom is 0.117 e. The number of nitrogens with zero attached hydrogens (tertiary/aromatic N) is 1. The van der Waals surface area contributed by atoms with Crippen molar-refractivity contribution in [2.75, 3.05) is 0 Å². The molecule has 1 aromatic heterocycles. The minimum atomic E-state index is 0.257. The standard InChI is InChI=1S/C7H11BrN2S/c1-2-5(9)3-7-10-6(8)4-11-7/h4-5H,2-3,9H2,1H3. The van der Waals surface area contributed by atoms with Crippen LogP contribution >= 0.6 is 27.3 Å². The molecule has 62 valence electrons. The first-order valence-electron chi connectivity index (χ1n) is 3.58. The highest BCUT2D eigenvalue weighted by Crippen LogP contribution is 2.16. The van der Waals surface area contributed by atoms with Gasteiger partial charge in [-0.05, 0) is 22.4 Å². The highest BCUT2D eigenvalue weighted by Gasteiger charge is 2.04. The van der Waals surface area contributed by atoms with E-state index < -0.39 is 0 Å². The molecular formula is C7H11BrN2S. The van der Waals surface area contributed by atoms with Crippen molar-refractivity contribution in [3.05, 3.63) is 15.0 Å². The molecule has 0 fully saturated rings. The summed E-state index contributed by atoms with van der Waals surface area (Å²) in [5.74, 6) is 0. The van der Waals surface area contributed by atoms with Gasteiger partial charge in [-0.1, -0.05) is 6.92 Å². The van der Waals surface area contributed by atoms with Gasteiger partial charge in [-0.15, -0.1) is 11.3 Å². The molecule has 0 amide bonds. The third kappa shape index (κ3) is 2.89. The molecule has 0 spiro atoms. The summed E-state index contributed by atoms with van der Waals surface area (Å²) in [6.45, 7) is 2.09. The Morgan fingerprint density at radius 3 is 3.00 bits per heavy atom. The van der Waals surface area contributed by atoms with Crippen LogP contribution < -0.4 is 5.73 Å². The fourth-order valence-electron chi connectivity index (χ4n) is 0.751. The molecule has 1 unspecified atom stereocenters. The molecule has 1 aromatic rings. The third-order valence-electron chi connectivity index (χ3n) is 1.48. The van der Waals surface area contributed by atoms with Gasteiger partial charge in [-0.25, -0.2) is 4.98 Å². The van der Waals surface area contributed by atoms with Crippen molar-refractivity contribution in [3.8, 4) is 0 Å². The van der Waals surface area contributed by atoms with Crippen molar-refractivity contribution in [2.24, 2.45) is 5.73 Å². The number of nitrogens with two attached hydrogens (primary N) is 1. The quantitative estimate of drug-likeness (QED) is 0.872. The van der Waals surface area contributed by atoms with E-state index in [9.17, 15) is 0 Å². The van der Waals surface area contributed by atoms with Gasteiger partial charge >= 0.3 is 0 Å². The summed E-state index contributed by atoms with van der Waals surface area (Å²) in [4.78, 5) is 4.25. The fraction of sp³-hybridized carbons (Fsp3) is 0.571. The third-order valence-corrected chi connectivity index (χ3v) is 3.07.